The lowest BCUT2D eigenvalue weighted by molar-refractivity contribution is -0.138. The largest absolute Gasteiger partial charge is 0.416 e. The molecule has 2 nitrogen and oxygen atoms in total. The molecule has 37 heavy (non-hydrogen) atoms. The summed E-state index contributed by atoms with van der Waals surface area (Å²) >= 11 is 0. The van der Waals surface area contributed by atoms with Crippen molar-refractivity contribution in [1.82, 2.24) is 5.32 Å². The number of nitrogens with two attached hydrogens (primary N) is 1. The van der Waals surface area contributed by atoms with Crippen LogP contribution in [-0.4, -0.2) is 0 Å². The van der Waals surface area contributed by atoms with E-state index in [-0.39, 0.29) is 28.8 Å². The molecule has 0 saturated heterocycles. The third kappa shape index (κ3) is 8.48. The van der Waals surface area contributed by atoms with Gasteiger partial charge < -0.3 is 11.1 Å². The first kappa shape index (κ1) is 29.6. The van der Waals surface area contributed by atoms with Crippen molar-refractivity contribution in [3.63, 3.8) is 0 Å². The molecule has 3 N–H and O–H groups in total. The van der Waals surface area contributed by atoms with Gasteiger partial charge in [-0.05, 0) is 42.7 Å². The summed E-state index contributed by atoms with van der Waals surface area (Å²) in [6, 6.07) is 14.0. The van der Waals surface area contributed by atoms with Crippen molar-refractivity contribution in [1.29, 1.82) is 0 Å². The van der Waals surface area contributed by atoms with Crippen LogP contribution in [0, 0.1) is 18.6 Å². The SMILES string of the molecule is C=C(N/C(=C/Cc1ccccc1C(F)(F)F)c1ccccc1N)c1cc(F)cc(F)c1C.CCCCC. The fourth-order valence-corrected chi connectivity index (χ4v) is 3.70. The highest BCUT2D eigenvalue weighted by Gasteiger charge is 2.32. The van der Waals surface area contributed by atoms with Crippen LogP contribution < -0.4 is 11.1 Å². The summed E-state index contributed by atoms with van der Waals surface area (Å²) in [6.07, 6.45) is 1.07. The quantitative estimate of drug-likeness (QED) is 0.232. The molecule has 0 aliphatic rings. The van der Waals surface area contributed by atoms with Crippen molar-refractivity contribution in [2.45, 2.75) is 52.6 Å². The van der Waals surface area contributed by atoms with Crippen LogP contribution >= 0.6 is 0 Å². The second-order valence-corrected chi connectivity index (χ2v) is 8.58. The van der Waals surface area contributed by atoms with Crippen LogP contribution in [0.5, 0.6) is 0 Å². The maximum atomic E-state index is 14.0. The number of unbranched alkanes of at least 4 members (excludes halogenated alkanes) is 2. The molecule has 3 aromatic carbocycles. The van der Waals surface area contributed by atoms with Crippen LogP contribution in [0.3, 0.4) is 0 Å². The Labute approximate surface area is 215 Å². The molecule has 0 fully saturated rings. The van der Waals surface area contributed by atoms with Crippen LogP contribution in [0.4, 0.5) is 27.6 Å². The number of hydrogen-bond donors (Lipinski definition) is 2. The van der Waals surface area contributed by atoms with Crippen molar-refractivity contribution in [3.8, 4) is 0 Å². The van der Waals surface area contributed by atoms with E-state index in [9.17, 15) is 22.0 Å². The van der Waals surface area contributed by atoms with E-state index >= 15 is 0 Å². The Bertz CT molecular complexity index is 1230. The first-order chi connectivity index (χ1) is 17.5. The van der Waals surface area contributed by atoms with Gasteiger partial charge in [-0.2, -0.15) is 13.2 Å². The molecule has 0 spiro atoms. The fourth-order valence-electron chi connectivity index (χ4n) is 3.70. The topological polar surface area (TPSA) is 38.0 Å². The zero-order chi connectivity index (χ0) is 27.6. The minimum absolute atomic E-state index is 0.0594. The highest BCUT2D eigenvalue weighted by molar-refractivity contribution is 5.81. The summed E-state index contributed by atoms with van der Waals surface area (Å²) in [4.78, 5) is 0. The second kappa shape index (κ2) is 13.6. The van der Waals surface area contributed by atoms with Crippen molar-refractivity contribution in [2.75, 3.05) is 5.73 Å². The number of allylic oxidation sites excluding steroid dienone is 1. The molecule has 0 atom stereocenters. The van der Waals surface area contributed by atoms with Crippen LogP contribution in [0.2, 0.25) is 0 Å². The molecular formula is C30H33F5N2. The summed E-state index contributed by atoms with van der Waals surface area (Å²) in [6.45, 7) is 9.78. The van der Waals surface area contributed by atoms with E-state index in [1.807, 2.05) is 0 Å². The molecule has 0 amide bonds. The maximum Gasteiger partial charge on any atom is 0.416 e. The summed E-state index contributed by atoms with van der Waals surface area (Å²) in [7, 11) is 0. The maximum absolute atomic E-state index is 14.0. The third-order valence-corrected chi connectivity index (χ3v) is 5.73. The fraction of sp³-hybridized carbons (Fsp3) is 0.267. The van der Waals surface area contributed by atoms with Gasteiger partial charge >= 0.3 is 6.18 Å². The number of benzene rings is 3. The van der Waals surface area contributed by atoms with Gasteiger partial charge in [-0.1, -0.05) is 82.2 Å². The van der Waals surface area contributed by atoms with Gasteiger partial charge in [-0.25, -0.2) is 8.78 Å². The number of anilines is 1. The van der Waals surface area contributed by atoms with Crippen molar-refractivity contribution < 1.29 is 22.0 Å². The van der Waals surface area contributed by atoms with Gasteiger partial charge in [-0.15, -0.1) is 0 Å². The van der Waals surface area contributed by atoms with Gasteiger partial charge in [0.05, 0.1) is 5.56 Å². The second-order valence-electron chi connectivity index (χ2n) is 8.58. The van der Waals surface area contributed by atoms with E-state index in [1.54, 1.807) is 30.3 Å². The van der Waals surface area contributed by atoms with Crippen molar-refractivity contribution in [3.05, 3.63) is 113 Å². The summed E-state index contributed by atoms with van der Waals surface area (Å²) in [5, 5.41) is 2.99. The number of halogens is 5. The first-order valence-corrected chi connectivity index (χ1v) is 12.1. The number of alkyl halides is 3. The van der Waals surface area contributed by atoms with Crippen molar-refractivity contribution >= 4 is 17.1 Å². The lowest BCUT2D eigenvalue weighted by Crippen LogP contribution is -2.14. The highest BCUT2D eigenvalue weighted by atomic mass is 19.4. The van der Waals surface area contributed by atoms with Gasteiger partial charge in [0.25, 0.3) is 0 Å². The Kier molecular flexibility index (Phi) is 10.9. The van der Waals surface area contributed by atoms with E-state index in [0.29, 0.717) is 16.9 Å². The summed E-state index contributed by atoms with van der Waals surface area (Å²) in [5.74, 6) is -1.50. The van der Waals surface area contributed by atoms with Gasteiger partial charge in [0, 0.05) is 34.3 Å². The lowest BCUT2D eigenvalue weighted by atomic mass is 10.0. The van der Waals surface area contributed by atoms with E-state index in [4.69, 9.17) is 5.73 Å². The van der Waals surface area contributed by atoms with E-state index in [1.165, 1.54) is 44.4 Å². The van der Waals surface area contributed by atoms with Gasteiger partial charge in [0.1, 0.15) is 11.6 Å². The first-order valence-electron chi connectivity index (χ1n) is 12.1. The molecule has 0 radical (unpaired) electrons. The molecule has 198 valence electrons. The predicted octanol–water partition coefficient (Wildman–Crippen LogP) is 8.91. The molecule has 0 aromatic heterocycles. The Morgan fingerprint density at radius 2 is 1.57 bits per heavy atom. The smallest absolute Gasteiger partial charge is 0.398 e. The number of nitrogens with one attached hydrogen (secondary N) is 1. The molecule has 0 unspecified atom stereocenters. The van der Waals surface area contributed by atoms with Crippen LogP contribution in [0.15, 0.2) is 73.3 Å². The summed E-state index contributed by atoms with van der Waals surface area (Å²) in [5.41, 5.74) is 7.25. The Morgan fingerprint density at radius 1 is 0.946 bits per heavy atom. The highest BCUT2D eigenvalue weighted by Crippen LogP contribution is 2.33. The van der Waals surface area contributed by atoms with Crippen LogP contribution in [0.25, 0.3) is 11.4 Å². The minimum Gasteiger partial charge on any atom is -0.398 e. The van der Waals surface area contributed by atoms with Crippen LogP contribution in [-0.2, 0) is 12.6 Å². The molecule has 0 saturated carbocycles. The number of nitrogen functional groups attached to an aromatic ring is 1. The Balaban J connectivity index is 0.000000877. The monoisotopic (exact) mass is 516 g/mol. The number of hydrogen-bond acceptors (Lipinski definition) is 2. The summed E-state index contributed by atoms with van der Waals surface area (Å²) < 4.78 is 67.9. The van der Waals surface area contributed by atoms with E-state index in [0.717, 1.165) is 18.2 Å². The zero-order valence-corrected chi connectivity index (χ0v) is 21.4. The molecule has 0 aliphatic heterocycles. The number of rotatable bonds is 8. The third-order valence-electron chi connectivity index (χ3n) is 5.73. The predicted molar refractivity (Wildman–Crippen MR) is 142 cm³/mol. The Morgan fingerprint density at radius 3 is 2.16 bits per heavy atom. The molecule has 3 rings (SSSR count). The van der Waals surface area contributed by atoms with Gasteiger partial charge in [0.2, 0.25) is 0 Å². The minimum atomic E-state index is -4.50. The molecule has 0 bridgehead atoms. The normalized spacial score (nSPS) is 11.5. The van der Waals surface area contributed by atoms with E-state index in [2.05, 4.69) is 25.7 Å². The lowest BCUT2D eigenvalue weighted by Gasteiger charge is -2.18. The molecule has 0 heterocycles. The zero-order valence-electron chi connectivity index (χ0n) is 21.4. The number of para-hydroxylation sites is 1. The molecular weight excluding hydrogens is 483 g/mol. The van der Waals surface area contributed by atoms with Crippen molar-refractivity contribution in [2.24, 2.45) is 0 Å². The average Bonchev–Trinajstić information content (AvgIpc) is 2.85. The molecule has 0 aliphatic carbocycles. The standard InChI is InChI=1S/C25H21F5N2.C5H12/c1-15-20(13-18(26)14-22(15)27)16(2)32-24(19-8-4-6-10-23(19)31)12-11-17-7-3-5-9-21(17)25(28,29)30;1-3-5-4-2/h3-10,12-14,32H,2,11,31H2,1H3;3-5H2,1-2H3/b24-12+;. The average molecular weight is 517 g/mol. The van der Waals surface area contributed by atoms with Gasteiger partial charge in [0.15, 0.2) is 0 Å². The van der Waals surface area contributed by atoms with Crippen LogP contribution in [0.1, 0.15) is 60.9 Å². The molecule has 3 aromatic rings. The Hall–Kier alpha value is -3.61. The van der Waals surface area contributed by atoms with E-state index < -0.39 is 23.4 Å². The molecule has 7 heteroatoms. The van der Waals surface area contributed by atoms with Gasteiger partial charge in [-0.3, -0.25) is 0 Å².